The Kier molecular flexibility index (Phi) is 5.97. The molecule has 1 aliphatic rings. The van der Waals surface area contributed by atoms with E-state index in [4.69, 9.17) is 4.74 Å². The first-order chi connectivity index (χ1) is 12.9. The van der Waals surface area contributed by atoms with E-state index >= 15 is 0 Å². The standard InChI is InChI=1S/C21H29N3O3/c1-5-15-8-7-9-16-17(14(3)25)10-24(21(15)16)13-20(26)22-18-11-23(4)12-19(18)27-6-2/h7-10,18-19H,5-6,11-13H2,1-4H3,(H,22,26)/t18-,19-/m1/s1. The summed E-state index contributed by atoms with van der Waals surface area (Å²) >= 11 is 0. The molecule has 1 N–H and O–H groups in total. The Labute approximate surface area is 160 Å². The van der Waals surface area contributed by atoms with Crippen molar-refractivity contribution < 1.29 is 14.3 Å². The lowest BCUT2D eigenvalue weighted by Gasteiger charge is -2.20. The quantitative estimate of drug-likeness (QED) is 0.758. The predicted octanol–water partition coefficient (Wildman–Crippen LogP) is 2.24. The number of benzene rings is 1. The van der Waals surface area contributed by atoms with Gasteiger partial charge in [-0.05, 0) is 32.9 Å². The molecule has 1 amide bonds. The van der Waals surface area contributed by atoms with Gasteiger partial charge in [0.25, 0.3) is 0 Å². The topological polar surface area (TPSA) is 63.6 Å². The van der Waals surface area contributed by atoms with Crippen LogP contribution in [0.15, 0.2) is 24.4 Å². The van der Waals surface area contributed by atoms with E-state index < -0.39 is 0 Å². The van der Waals surface area contributed by atoms with Crippen LogP contribution >= 0.6 is 0 Å². The molecule has 0 spiro atoms. The second kappa shape index (κ2) is 8.23. The molecular formula is C21H29N3O3. The van der Waals surface area contributed by atoms with Crippen LogP contribution in [0.2, 0.25) is 0 Å². The maximum absolute atomic E-state index is 12.8. The Bertz CT molecular complexity index is 843. The van der Waals surface area contributed by atoms with Gasteiger partial charge in [-0.1, -0.05) is 25.1 Å². The molecule has 2 atom stereocenters. The Hall–Kier alpha value is -2.18. The van der Waals surface area contributed by atoms with E-state index in [9.17, 15) is 9.59 Å². The fourth-order valence-corrected chi connectivity index (χ4v) is 4.02. The van der Waals surface area contributed by atoms with Crippen LogP contribution in [0.1, 0.15) is 36.7 Å². The minimum atomic E-state index is -0.0575. The third-order valence-electron chi connectivity index (χ3n) is 5.23. The van der Waals surface area contributed by atoms with E-state index in [2.05, 4.69) is 23.2 Å². The fraction of sp³-hybridized carbons (Fsp3) is 0.524. The lowest BCUT2D eigenvalue weighted by Crippen LogP contribution is -2.45. The average molecular weight is 371 g/mol. The number of carbonyl (C=O) groups is 2. The first kappa shape index (κ1) is 19.6. The molecule has 0 radical (unpaired) electrons. The Morgan fingerprint density at radius 3 is 2.70 bits per heavy atom. The summed E-state index contributed by atoms with van der Waals surface area (Å²) in [5.41, 5.74) is 2.78. The van der Waals surface area contributed by atoms with Crippen molar-refractivity contribution in [3.8, 4) is 0 Å². The molecule has 2 heterocycles. The zero-order valence-electron chi connectivity index (χ0n) is 16.6. The van der Waals surface area contributed by atoms with Crippen LogP contribution in [-0.2, 0) is 22.5 Å². The van der Waals surface area contributed by atoms with Gasteiger partial charge in [0.15, 0.2) is 5.78 Å². The third-order valence-corrected chi connectivity index (χ3v) is 5.23. The summed E-state index contributed by atoms with van der Waals surface area (Å²) in [5.74, 6) is -0.0425. The van der Waals surface area contributed by atoms with Crippen LogP contribution in [0.3, 0.4) is 0 Å². The van der Waals surface area contributed by atoms with Gasteiger partial charge in [-0.25, -0.2) is 0 Å². The first-order valence-electron chi connectivity index (χ1n) is 9.65. The molecule has 1 aliphatic heterocycles. The van der Waals surface area contributed by atoms with Crippen molar-refractivity contribution in [2.24, 2.45) is 0 Å². The first-order valence-corrected chi connectivity index (χ1v) is 9.65. The number of amides is 1. The molecule has 146 valence electrons. The molecular weight excluding hydrogens is 342 g/mol. The number of likely N-dealkylation sites (tertiary alicyclic amines) is 1. The van der Waals surface area contributed by atoms with Crippen LogP contribution in [0.4, 0.5) is 0 Å². The number of hydrogen-bond acceptors (Lipinski definition) is 4. The van der Waals surface area contributed by atoms with E-state index in [1.807, 2.05) is 36.9 Å². The second-order valence-electron chi connectivity index (χ2n) is 7.28. The predicted molar refractivity (Wildman–Crippen MR) is 106 cm³/mol. The number of aryl methyl sites for hydroxylation is 1. The molecule has 1 aromatic heterocycles. The number of ketones is 1. The number of rotatable bonds is 7. The molecule has 3 rings (SSSR count). The van der Waals surface area contributed by atoms with Gasteiger partial charge in [0.2, 0.25) is 5.91 Å². The normalized spacial score (nSPS) is 20.3. The van der Waals surface area contributed by atoms with E-state index in [0.717, 1.165) is 36.0 Å². The second-order valence-corrected chi connectivity index (χ2v) is 7.28. The maximum atomic E-state index is 12.8. The molecule has 0 saturated carbocycles. The van der Waals surface area contributed by atoms with Gasteiger partial charge in [0.1, 0.15) is 6.54 Å². The molecule has 6 nitrogen and oxygen atoms in total. The lowest BCUT2D eigenvalue weighted by molar-refractivity contribution is -0.123. The number of hydrogen-bond donors (Lipinski definition) is 1. The van der Waals surface area contributed by atoms with E-state index in [1.54, 1.807) is 6.92 Å². The molecule has 27 heavy (non-hydrogen) atoms. The number of para-hydroxylation sites is 1. The molecule has 6 heteroatoms. The molecule has 2 aromatic rings. The van der Waals surface area contributed by atoms with Gasteiger partial charge in [-0.3, -0.25) is 9.59 Å². The highest BCUT2D eigenvalue weighted by molar-refractivity contribution is 6.07. The number of Topliss-reactive ketones (excluding diaryl/α,β-unsaturated/α-hetero) is 1. The highest BCUT2D eigenvalue weighted by Crippen LogP contribution is 2.26. The lowest BCUT2D eigenvalue weighted by atomic mass is 10.1. The zero-order valence-corrected chi connectivity index (χ0v) is 16.6. The SMILES string of the molecule is CCO[C@@H]1CN(C)C[C@H]1NC(=O)Cn1cc(C(C)=O)c2cccc(CC)c21. The van der Waals surface area contributed by atoms with Gasteiger partial charge < -0.3 is 19.5 Å². The van der Waals surface area contributed by atoms with Crippen molar-refractivity contribution in [2.75, 3.05) is 26.7 Å². The van der Waals surface area contributed by atoms with Crippen molar-refractivity contribution in [2.45, 2.75) is 45.9 Å². The molecule has 1 fully saturated rings. The van der Waals surface area contributed by atoms with Crippen LogP contribution in [0.25, 0.3) is 10.9 Å². The number of ether oxygens (including phenoxy) is 1. The summed E-state index contributed by atoms with van der Waals surface area (Å²) in [4.78, 5) is 27.0. The van der Waals surface area contributed by atoms with E-state index in [0.29, 0.717) is 12.2 Å². The van der Waals surface area contributed by atoms with Crippen molar-refractivity contribution in [1.29, 1.82) is 0 Å². The van der Waals surface area contributed by atoms with Crippen LogP contribution in [0, 0.1) is 0 Å². The van der Waals surface area contributed by atoms with Crippen LogP contribution in [0.5, 0.6) is 0 Å². The highest BCUT2D eigenvalue weighted by Gasteiger charge is 2.32. The number of fused-ring (bicyclic) bond motifs is 1. The summed E-state index contributed by atoms with van der Waals surface area (Å²) in [6, 6.07) is 5.97. The van der Waals surface area contributed by atoms with Crippen LogP contribution in [-0.4, -0.2) is 60.0 Å². The number of nitrogens with zero attached hydrogens (tertiary/aromatic N) is 2. The monoisotopic (exact) mass is 371 g/mol. The van der Waals surface area contributed by atoms with Crippen molar-refractivity contribution in [3.63, 3.8) is 0 Å². The summed E-state index contributed by atoms with van der Waals surface area (Å²) < 4.78 is 7.68. The minimum Gasteiger partial charge on any atom is -0.375 e. The summed E-state index contributed by atoms with van der Waals surface area (Å²) in [5, 5.41) is 4.04. The molecule has 0 bridgehead atoms. The van der Waals surface area contributed by atoms with Crippen molar-refractivity contribution in [3.05, 3.63) is 35.5 Å². The largest absolute Gasteiger partial charge is 0.375 e. The summed E-state index contributed by atoms with van der Waals surface area (Å²) in [6.45, 7) is 8.05. The van der Waals surface area contributed by atoms with E-state index in [-0.39, 0.29) is 30.4 Å². The average Bonchev–Trinajstić information content (AvgIpc) is 3.16. The molecule has 0 aliphatic carbocycles. The van der Waals surface area contributed by atoms with E-state index in [1.165, 1.54) is 0 Å². The number of aromatic nitrogens is 1. The number of carbonyl (C=O) groups excluding carboxylic acids is 2. The van der Waals surface area contributed by atoms with Gasteiger partial charge in [0, 0.05) is 36.8 Å². The smallest absolute Gasteiger partial charge is 0.240 e. The highest BCUT2D eigenvalue weighted by atomic mass is 16.5. The van der Waals surface area contributed by atoms with Gasteiger partial charge in [0.05, 0.1) is 17.7 Å². The summed E-state index contributed by atoms with van der Waals surface area (Å²) in [7, 11) is 2.03. The fourth-order valence-electron chi connectivity index (χ4n) is 4.02. The van der Waals surface area contributed by atoms with Gasteiger partial charge in [-0.2, -0.15) is 0 Å². The van der Waals surface area contributed by atoms with Crippen molar-refractivity contribution in [1.82, 2.24) is 14.8 Å². The zero-order chi connectivity index (χ0) is 19.6. The van der Waals surface area contributed by atoms with Crippen molar-refractivity contribution >= 4 is 22.6 Å². The number of likely N-dealkylation sites (N-methyl/N-ethyl adjacent to an activating group) is 1. The Morgan fingerprint density at radius 1 is 1.26 bits per heavy atom. The Morgan fingerprint density at radius 2 is 2.04 bits per heavy atom. The summed E-state index contributed by atoms with van der Waals surface area (Å²) in [6.07, 6.45) is 2.68. The molecule has 0 unspecified atom stereocenters. The van der Waals surface area contributed by atoms with Gasteiger partial charge >= 0.3 is 0 Å². The third kappa shape index (κ3) is 4.06. The van der Waals surface area contributed by atoms with Crippen LogP contribution < -0.4 is 5.32 Å². The number of nitrogens with one attached hydrogen (secondary N) is 1. The van der Waals surface area contributed by atoms with Gasteiger partial charge in [-0.15, -0.1) is 0 Å². The molecule has 1 aromatic carbocycles. The molecule has 1 saturated heterocycles. The minimum absolute atomic E-state index is 0.0119. The Balaban J connectivity index is 1.83. The maximum Gasteiger partial charge on any atom is 0.240 e.